The predicted molar refractivity (Wildman–Crippen MR) is 217 cm³/mol. The van der Waals surface area contributed by atoms with Gasteiger partial charge in [0.05, 0.1) is 28.1 Å². The number of aromatic nitrogens is 3. The Morgan fingerprint density at radius 2 is 1.45 bits per heavy atom. The van der Waals surface area contributed by atoms with Gasteiger partial charge < -0.3 is 14.4 Å². The molecule has 2 aromatic heterocycles. The number of pyridine rings is 1. The Kier molecular flexibility index (Phi) is 11.7. The number of benzene rings is 2. The molecule has 1 fully saturated rings. The smallest absolute Gasteiger partial charge is 0.258 e. The van der Waals surface area contributed by atoms with E-state index in [4.69, 9.17) is 9.41 Å². The van der Waals surface area contributed by atoms with Crippen molar-refractivity contribution in [2.45, 2.75) is 135 Å². The zero-order chi connectivity index (χ0) is 37.4. The molecule has 1 aliphatic heterocycles. The van der Waals surface area contributed by atoms with E-state index in [2.05, 4.69) is 128 Å². The van der Waals surface area contributed by atoms with Crippen molar-refractivity contribution in [3.05, 3.63) is 54.4 Å². The van der Waals surface area contributed by atoms with Crippen LogP contribution in [0.25, 0.3) is 32.8 Å². The fraction of sp³-hybridized carbons (Fsp3) is 0.548. The van der Waals surface area contributed by atoms with E-state index < -0.39 is 28.4 Å². The Morgan fingerprint density at radius 3 is 2.04 bits per heavy atom. The summed E-state index contributed by atoms with van der Waals surface area (Å²) in [4.78, 5) is 15.9. The van der Waals surface area contributed by atoms with Crippen LogP contribution in [0.3, 0.4) is 0 Å². The minimum absolute atomic E-state index is 0.316. The number of aliphatic hydroxyl groups is 1. The van der Waals surface area contributed by atoms with Gasteiger partial charge in [-0.25, -0.2) is 15.0 Å². The van der Waals surface area contributed by atoms with Crippen molar-refractivity contribution in [2.75, 3.05) is 18.0 Å². The van der Waals surface area contributed by atoms with Crippen molar-refractivity contribution in [3.8, 4) is 28.3 Å². The van der Waals surface area contributed by atoms with Crippen molar-refractivity contribution in [1.82, 2.24) is 15.0 Å². The highest BCUT2D eigenvalue weighted by Gasteiger charge is 2.48. The van der Waals surface area contributed by atoms with Crippen LogP contribution in [0, 0.1) is 17.4 Å². The van der Waals surface area contributed by atoms with Crippen LogP contribution in [-0.2, 0) is 0 Å². The quantitative estimate of drug-likeness (QED) is 0.0996. The van der Waals surface area contributed by atoms with Gasteiger partial charge in [-0.05, 0) is 62.9 Å². The van der Waals surface area contributed by atoms with E-state index in [9.17, 15) is 5.11 Å². The van der Waals surface area contributed by atoms with Crippen LogP contribution in [-0.4, -0.2) is 55.6 Å². The lowest BCUT2D eigenvalue weighted by Gasteiger charge is -2.42. The first kappa shape index (κ1) is 38.9. The minimum Gasteiger partial charge on any atom is -0.542 e. The first-order valence-corrected chi connectivity index (χ1v) is 23.4. The lowest BCUT2D eigenvalue weighted by molar-refractivity contribution is 0.154. The van der Waals surface area contributed by atoms with Crippen LogP contribution < -0.4 is 9.33 Å². The Hall–Kier alpha value is -3.33. The summed E-state index contributed by atoms with van der Waals surface area (Å²) in [6.07, 6.45) is 4.20. The highest BCUT2D eigenvalue weighted by atomic mass is 28.4. The summed E-state index contributed by atoms with van der Waals surface area (Å²) in [7, 11) is -4.70. The van der Waals surface area contributed by atoms with Crippen molar-refractivity contribution in [1.29, 1.82) is 0 Å². The molecule has 2 aromatic carbocycles. The van der Waals surface area contributed by atoms with Gasteiger partial charge in [0.1, 0.15) is 26.0 Å². The lowest BCUT2D eigenvalue weighted by Crippen LogP contribution is -2.50. The van der Waals surface area contributed by atoms with Gasteiger partial charge in [-0.15, -0.1) is 5.54 Å². The van der Waals surface area contributed by atoms with E-state index in [0.717, 1.165) is 35.9 Å². The van der Waals surface area contributed by atoms with Crippen LogP contribution in [0.4, 0.5) is 10.2 Å². The standard InChI is InChI=1S/C42H59FN4O2Si2/c1-26(2)50(27(3)4,28(5)6)21-19-35-37(49-51(29(7)8,30(9)10)31(11)12)22-32-16-13-14-18-34(32)38(35)39-40-36(23-44-41(39)43)42(46-25-45-40)47-20-15-17-33(48)24-47/h13-14,16,18,22-23,25-31,33,48H,15,17,20,24H2,1-12H3. The SMILES string of the molecule is CC(C)[Si](C#Cc1c(O[Si](C(C)C)(C(C)C)C(C)C)cc2ccccc2c1-c1c(F)ncc2c(N3CCCC(O)C3)ncnc12)(C(C)C)C(C)C. The van der Waals surface area contributed by atoms with Crippen molar-refractivity contribution < 1.29 is 13.9 Å². The molecule has 1 atom stereocenters. The lowest BCUT2D eigenvalue weighted by atomic mass is 9.92. The topological polar surface area (TPSA) is 71.4 Å². The van der Waals surface area contributed by atoms with E-state index in [-0.39, 0.29) is 0 Å². The van der Waals surface area contributed by atoms with E-state index in [1.165, 1.54) is 6.33 Å². The molecule has 0 spiro atoms. The minimum atomic E-state index is -2.48. The van der Waals surface area contributed by atoms with Crippen LogP contribution in [0.2, 0.25) is 33.2 Å². The second-order valence-corrected chi connectivity index (χ2v) is 27.5. The highest BCUT2D eigenvalue weighted by molar-refractivity contribution is 6.90. The molecule has 0 amide bonds. The molecule has 1 saturated heterocycles. The first-order valence-electron chi connectivity index (χ1n) is 19.1. The monoisotopic (exact) mass is 726 g/mol. The van der Waals surface area contributed by atoms with Gasteiger partial charge in [-0.1, -0.05) is 113 Å². The summed E-state index contributed by atoms with van der Waals surface area (Å²) in [6, 6.07) is 10.3. The number of fused-ring (bicyclic) bond motifs is 2. The third-order valence-corrected chi connectivity index (χ3v) is 24.1. The highest BCUT2D eigenvalue weighted by Crippen LogP contribution is 2.48. The van der Waals surface area contributed by atoms with Crippen LogP contribution in [0.1, 0.15) is 101 Å². The Bertz CT molecular complexity index is 1890. The Morgan fingerprint density at radius 1 is 0.824 bits per heavy atom. The van der Waals surface area contributed by atoms with Gasteiger partial charge in [0, 0.05) is 24.8 Å². The predicted octanol–water partition coefficient (Wildman–Crippen LogP) is 11.1. The molecule has 0 radical (unpaired) electrons. The third-order valence-electron chi connectivity index (χ3n) is 11.8. The van der Waals surface area contributed by atoms with E-state index in [1.807, 2.05) is 12.1 Å². The molecule has 9 heteroatoms. The van der Waals surface area contributed by atoms with E-state index >= 15 is 4.39 Å². The fourth-order valence-electron chi connectivity index (χ4n) is 9.54. The van der Waals surface area contributed by atoms with Gasteiger partial charge in [0.2, 0.25) is 5.95 Å². The molecule has 1 aliphatic rings. The average Bonchev–Trinajstić information content (AvgIpc) is 3.06. The molecule has 1 unspecified atom stereocenters. The average molecular weight is 727 g/mol. The number of β-amino-alcohol motifs (C(OH)–C–C–N with tert-alkyl or cyclic N) is 1. The summed E-state index contributed by atoms with van der Waals surface area (Å²) in [5, 5.41) is 13.0. The number of nitrogens with zero attached hydrogens (tertiary/aromatic N) is 4. The molecule has 4 aromatic rings. The molecule has 51 heavy (non-hydrogen) atoms. The zero-order valence-corrected chi connectivity index (χ0v) is 34.9. The van der Waals surface area contributed by atoms with Gasteiger partial charge in [0.15, 0.2) is 0 Å². The molecule has 1 N–H and O–H groups in total. The van der Waals surface area contributed by atoms with E-state index in [1.54, 1.807) is 6.20 Å². The van der Waals surface area contributed by atoms with Gasteiger partial charge in [0.25, 0.3) is 8.32 Å². The number of hydrogen-bond donors (Lipinski definition) is 1. The number of hydrogen-bond acceptors (Lipinski definition) is 6. The summed E-state index contributed by atoms with van der Waals surface area (Å²) in [6.45, 7) is 28.9. The maximum Gasteiger partial charge on any atom is 0.258 e. The molecule has 0 bridgehead atoms. The number of rotatable bonds is 10. The molecular weight excluding hydrogens is 668 g/mol. The number of halogens is 1. The molecule has 6 nitrogen and oxygen atoms in total. The Balaban J connectivity index is 1.96. The summed E-state index contributed by atoms with van der Waals surface area (Å²) < 4.78 is 24.3. The van der Waals surface area contributed by atoms with Crippen molar-refractivity contribution >= 4 is 43.9 Å². The van der Waals surface area contributed by atoms with Crippen LogP contribution in [0.5, 0.6) is 5.75 Å². The molecule has 0 aliphatic carbocycles. The number of anilines is 1. The number of piperidine rings is 1. The molecule has 3 heterocycles. The molecular formula is C42H59FN4O2Si2. The maximum absolute atomic E-state index is 16.8. The third kappa shape index (κ3) is 6.96. The van der Waals surface area contributed by atoms with Crippen molar-refractivity contribution in [3.63, 3.8) is 0 Å². The fourth-order valence-corrected chi connectivity index (χ4v) is 20.0. The second-order valence-electron chi connectivity index (χ2n) is 16.5. The summed E-state index contributed by atoms with van der Waals surface area (Å²) >= 11 is 0. The van der Waals surface area contributed by atoms with E-state index in [0.29, 0.717) is 73.2 Å². The van der Waals surface area contributed by atoms with Gasteiger partial charge >= 0.3 is 0 Å². The molecule has 5 rings (SSSR count). The molecule has 0 saturated carbocycles. The number of aliphatic hydroxyl groups excluding tert-OH is 1. The molecule has 274 valence electrons. The van der Waals surface area contributed by atoms with Crippen LogP contribution in [0.15, 0.2) is 42.9 Å². The van der Waals surface area contributed by atoms with Crippen molar-refractivity contribution in [2.24, 2.45) is 0 Å². The van der Waals surface area contributed by atoms with Gasteiger partial charge in [-0.3, -0.25) is 0 Å². The van der Waals surface area contributed by atoms with Gasteiger partial charge in [-0.2, -0.15) is 4.39 Å². The second kappa shape index (κ2) is 15.3. The normalized spacial score (nSPS) is 16.0. The van der Waals surface area contributed by atoms with Crippen LogP contribution >= 0.6 is 0 Å². The maximum atomic E-state index is 16.8. The first-order chi connectivity index (χ1) is 24.1. The zero-order valence-electron chi connectivity index (χ0n) is 32.9. The summed E-state index contributed by atoms with van der Waals surface area (Å²) in [5.41, 5.74) is 8.41. The largest absolute Gasteiger partial charge is 0.542 e. The Labute approximate surface area is 307 Å². The summed E-state index contributed by atoms with van der Waals surface area (Å²) in [5.74, 6) is 4.59.